The van der Waals surface area contributed by atoms with Gasteiger partial charge in [0.15, 0.2) is 0 Å². The Kier molecular flexibility index (Phi) is 3.02. The van der Waals surface area contributed by atoms with Gasteiger partial charge in [0.2, 0.25) is 0 Å². The van der Waals surface area contributed by atoms with Crippen LogP contribution in [-0.4, -0.2) is 6.72 Å². The Morgan fingerprint density at radius 2 is 2.08 bits per heavy atom. The minimum absolute atomic E-state index is 0.539. The maximum Gasteiger partial charge on any atom is 0.0694 e. The molecule has 0 aromatic heterocycles. The Balaban J connectivity index is 3.20. The molecule has 0 amide bonds. The monoisotopic (exact) mass is 173 g/mol. The summed E-state index contributed by atoms with van der Waals surface area (Å²) >= 11 is 0. The van der Waals surface area contributed by atoms with E-state index in [2.05, 4.69) is 44.3 Å². The molecule has 1 aromatic rings. The van der Waals surface area contributed by atoms with Crippen LogP contribution in [0, 0.1) is 0 Å². The van der Waals surface area contributed by atoms with Gasteiger partial charge >= 0.3 is 0 Å². The highest BCUT2D eigenvalue weighted by Crippen LogP contribution is 2.24. The maximum atomic E-state index is 3.92. The first-order valence-electron chi connectivity index (χ1n) is 4.42. The summed E-state index contributed by atoms with van der Waals surface area (Å²) in [5, 5.41) is 0. The van der Waals surface area contributed by atoms with Crippen molar-refractivity contribution in [3.05, 3.63) is 35.9 Å². The Labute approximate surface area is 79.8 Å². The fourth-order valence-electron chi connectivity index (χ4n) is 1.24. The molecule has 0 aliphatic heterocycles. The van der Waals surface area contributed by atoms with Crippen LogP contribution in [0.5, 0.6) is 0 Å². The van der Waals surface area contributed by atoms with Crippen LogP contribution in [-0.2, 0) is 0 Å². The van der Waals surface area contributed by atoms with Crippen LogP contribution in [0.25, 0.3) is 6.08 Å². The van der Waals surface area contributed by atoms with E-state index in [1.807, 2.05) is 12.1 Å². The number of benzene rings is 1. The molecule has 68 valence electrons. The van der Waals surface area contributed by atoms with Crippen molar-refractivity contribution >= 4 is 18.5 Å². The quantitative estimate of drug-likeness (QED) is 0.617. The number of rotatable bonds is 3. The molecular weight excluding hydrogens is 158 g/mol. The van der Waals surface area contributed by atoms with Crippen molar-refractivity contribution in [2.75, 3.05) is 0 Å². The van der Waals surface area contributed by atoms with Gasteiger partial charge in [-0.3, -0.25) is 4.99 Å². The summed E-state index contributed by atoms with van der Waals surface area (Å²) in [5.41, 5.74) is 3.27. The predicted octanol–water partition coefficient (Wildman–Crippen LogP) is 3.79. The van der Waals surface area contributed by atoms with Gasteiger partial charge in [-0.15, -0.1) is 0 Å². The van der Waals surface area contributed by atoms with Crippen molar-refractivity contribution in [2.45, 2.75) is 19.8 Å². The average Bonchev–Trinajstić information content (AvgIpc) is 2.16. The standard InChI is InChI=1S/C12H15N/c1-5-10-8-11(9(2)3)6-7-12(10)13-4/h5-9H,1,4H2,2-3H3. The molecule has 0 radical (unpaired) electrons. The highest BCUT2D eigenvalue weighted by Gasteiger charge is 2.02. The summed E-state index contributed by atoms with van der Waals surface area (Å²) in [5.74, 6) is 0.539. The minimum Gasteiger partial charge on any atom is -0.264 e. The molecule has 13 heavy (non-hydrogen) atoms. The van der Waals surface area contributed by atoms with Crippen molar-refractivity contribution in [2.24, 2.45) is 4.99 Å². The van der Waals surface area contributed by atoms with Crippen LogP contribution < -0.4 is 0 Å². The smallest absolute Gasteiger partial charge is 0.0694 e. The lowest BCUT2D eigenvalue weighted by Gasteiger charge is -2.07. The third kappa shape index (κ3) is 2.05. The van der Waals surface area contributed by atoms with Gasteiger partial charge in [0.1, 0.15) is 0 Å². The molecule has 0 unspecified atom stereocenters. The Morgan fingerprint density at radius 1 is 1.38 bits per heavy atom. The maximum absolute atomic E-state index is 3.92. The van der Waals surface area contributed by atoms with Gasteiger partial charge in [0.05, 0.1) is 5.69 Å². The van der Waals surface area contributed by atoms with Crippen molar-refractivity contribution in [3.8, 4) is 0 Å². The molecule has 0 saturated heterocycles. The van der Waals surface area contributed by atoms with Crippen LogP contribution in [0.1, 0.15) is 30.9 Å². The van der Waals surface area contributed by atoms with Crippen LogP contribution >= 0.6 is 0 Å². The van der Waals surface area contributed by atoms with E-state index < -0.39 is 0 Å². The number of hydrogen-bond acceptors (Lipinski definition) is 1. The second-order valence-corrected chi connectivity index (χ2v) is 3.34. The van der Waals surface area contributed by atoms with Crippen LogP contribution in [0.15, 0.2) is 29.8 Å². The summed E-state index contributed by atoms with van der Waals surface area (Å²) in [6.07, 6.45) is 1.82. The van der Waals surface area contributed by atoms with Crippen LogP contribution in [0.2, 0.25) is 0 Å². The molecule has 0 bridgehead atoms. The van der Waals surface area contributed by atoms with Crippen molar-refractivity contribution in [1.82, 2.24) is 0 Å². The molecule has 0 saturated carbocycles. The van der Waals surface area contributed by atoms with E-state index in [1.165, 1.54) is 5.56 Å². The molecule has 0 fully saturated rings. The molecule has 0 aliphatic carbocycles. The molecule has 0 N–H and O–H groups in total. The van der Waals surface area contributed by atoms with Crippen LogP contribution in [0.3, 0.4) is 0 Å². The Hall–Kier alpha value is -1.37. The summed E-state index contributed by atoms with van der Waals surface area (Å²) in [4.78, 5) is 3.92. The van der Waals surface area contributed by atoms with E-state index >= 15 is 0 Å². The number of aliphatic imine (C=N–C) groups is 1. The van der Waals surface area contributed by atoms with Gasteiger partial charge in [0, 0.05) is 0 Å². The minimum atomic E-state index is 0.539. The first-order valence-corrected chi connectivity index (χ1v) is 4.42. The largest absolute Gasteiger partial charge is 0.264 e. The highest BCUT2D eigenvalue weighted by atomic mass is 14.7. The Morgan fingerprint density at radius 3 is 2.54 bits per heavy atom. The van der Waals surface area contributed by atoms with E-state index in [9.17, 15) is 0 Å². The second-order valence-electron chi connectivity index (χ2n) is 3.34. The van der Waals surface area contributed by atoms with Gasteiger partial charge in [-0.2, -0.15) is 0 Å². The number of hydrogen-bond donors (Lipinski definition) is 0. The second kappa shape index (κ2) is 4.04. The fourth-order valence-corrected chi connectivity index (χ4v) is 1.24. The average molecular weight is 173 g/mol. The zero-order chi connectivity index (χ0) is 9.84. The van der Waals surface area contributed by atoms with Crippen molar-refractivity contribution in [3.63, 3.8) is 0 Å². The lowest BCUT2D eigenvalue weighted by atomic mass is 10.00. The van der Waals surface area contributed by atoms with Gasteiger partial charge in [0.25, 0.3) is 0 Å². The molecule has 0 atom stereocenters. The zero-order valence-corrected chi connectivity index (χ0v) is 8.25. The van der Waals surface area contributed by atoms with E-state index in [4.69, 9.17) is 0 Å². The normalized spacial score (nSPS) is 10.1. The van der Waals surface area contributed by atoms with Crippen molar-refractivity contribution in [1.29, 1.82) is 0 Å². The Bertz CT molecular complexity index is 324. The van der Waals surface area contributed by atoms with Gasteiger partial charge in [-0.1, -0.05) is 32.6 Å². The molecule has 0 heterocycles. The fraction of sp³-hybridized carbons (Fsp3) is 0.250. The molecule has 1 aromatic carbocycles. The third-order valence-corrected chi connectivity index (χ3v) is 2.11. The molecule has 1 rings (SSSR count). The third-order valence-electron chi connectivity index (χ3n) is 2.11. The lowest BCUT2D eigenvalue weighted by Crippen LogP contribution is -1.87. The summed E-state index contributed by atoms with van der Waals surface area (Å²) in [6, 6.07) is 6.18. The summed E-state index contributed by atoms with van der Waals surface area (Å²) in [7, 11) is 0. The van der Waals surface area contributed by atoms with E-state index in [1.54, 1.807) is 0 Å². The van der Waals surface area contributed by atoms with Gasteiger partial charge in [-0.25, -0.2) is 0 Å². The van der Waals surface area contributed by atoms with Gasteiger partial charge in [-0.05, 0) is 35.9 Å². The topological polar surface area (TPSA) is 12.4 Å². The molecular formula is C12H15N. The van der Waals surface area contributed by atoms with Gasteiger partial charge < -0.3 is 0 Å². The lowest BCUT2D eigenvalue weighted by molar-refractivity contribution is 0.866. The summed E-state index contributed by atoms with van der Waals surface area (Å²) in [6.45, 7) is 11.6. The van der Waals surface area contributed by atoms with E-state index in [0.717, 1.165) is 11.3 Å². The SMILES string of the molecule is C=Cc1cc(C(C)C)ccc1N=C. The van der Waals surface area contributed by atoms with Crippen molar-refractivity contribution < 1.29 is 0 Å². The van der Waals surface area contributed by atoms with E-state index in [0.29, 0.717) is 5.92 Å². The predicted molar refractivity (Wildman–Crippen MR) is 59.8 cm³/mol. The molecule has 0 aliphatic rings. The molecule has 0 spiro atoms. The first kappa shape index (κ1) is 9.72. The van der Waals surface area contributed by atoms with E-state index in [-0.39, 0.29) is 0 Å². The molecule has 1 nitrogen and oxygen atoms in total. The zero-order valence-electron chi connectivity index (χ0n) is 8.25. The van der Waals surface area contributed by atoms with Crippen LogP contribution in [0.4, 0.5) is 5.69 Å². The summed E-state index contributed by atoms with van der Waals surface area (Å²) < 4.78 is 0. The first-order chi connectivity index (χ1) is 6.19. The number of nitrogens with zero attached hydrogens (tertiary/aromatic N) is 1. The highest BCUT2D eigenvalue weighted by molar-refractivity contribution is 5.65. The molecule has 1 heteroatoms.